The Kier molecular flexibility index (Phi) is 5.62. The maximum absolute atomic E-state index is 12.0. The molecule has 1 amide bonds. The van der Waals surface area contributed by atoms with Crippen LogP contribution < -0.4 is 10.2 Å². The average Bonchev–Trinajstić information content (AvgIpc) is 2.88. The summed E-state index contributed by atoms with van der Waals surface area (Å²) in [6.45, 7) is 3.99. The molecular formula is C16H25N3O3S. The highest BCUT2D eigenvalue weighted by atomic mass is 32.2. The molecule has 7 heteroatoms. The smallest absolute Gasteiger partial charge is 0.228 e. The molecule has 1 atom stereocenters. The number of anilines is 2. The van der Waals surface area contributed by atoms with Crippen molar-refractivity contribution in [3.8, 4) is 0 Å². The van der Waals surface area contributed by atoms with Crippen LogP contribution in [0.1, 0.15) is 33.1 Å². The molecule has 0 spiro atoms. The summed E-state index contributed by atoms with van der Waals surface area (Å²) in [6.07, 6.45) is 3.93. The number of nitrogens with zero attached hydrogens (tertiary/aromatic N) is 2. The molecule has 1 aromatic rings. The summed E-state index contributed by atoms with van der Waals surface area (Å²) in [7, 11) is -1.03. The maximum Gasteiger partial charge on any atom is 0.228 e. The van der Waals surface area contributed by atoms with Crippen LogP contribution in [-0.4, -0.2) is 43.9 Å². The molecule has 0 aromatic carbocycles. The van der Waals surface area contributed by atoms with E-state index in [2.05, 4.69) is 10.3 Å². The zero-order valence-electron chi connectivity index (χ0n) is 13.9. The number of aromatic nitrogens is 1. The lowest BCUT2D eigenvalue weighted by molar-refractivity contribution is -0.120. The number of carbonyl (C=O) groups is 1. The Morgan fingerprint density at radius 3 is 2.57 bits per heavy atom. The molecule has 128 valence electrons. The van der Waals surface area contributed by atoms with Crippen LogP contribution in [0.2, 0.25) is 0 Å². The summed E-state index contributed by atoms with van der Waals surface area (Å²) in [5, 5.41) is 2.83. The number of pyridine rings is 1. The third-order valence-electron chi connectivity index (χ3n) is 4.52. The second-order valence-electron chi connectivity index (χ2n) is 6.07. The van der Waals surface area contributed by atoms with E-state index in [1.165, 1.54) is 0 Å². The third kappa shape index (κ3) is 4.43. The van der Waals surface area contributed by atoms with Gasteiger partial charge in [0.2, 0.25) is 5.91 Å². The Hall–Kier alpha value is -1.63. The fourth-order valence-corrected chi connectivity index (χ4v) is 4.62. The zero-order chi connectivity index (χ0) is 17.0. The first-order chi connectivity index (χ1) is 10.9. The van der Waals surface area contributed by atoms with Crippen molar-refractivity contribution in [2.24, 2.45) is 5.92 Å². The van der Waals surface area contributed by atoms with Crippen LogP contribution in [0, 0.1) is 5.92 Å². The van der Waals surface area contributed by atoms with Crippen molar-refractivity contribution in [3.63, 3.8) is 0 Å². The van der Waals surface area contributed by atoms with E-state index in [4.69, 9.17) is 0 Å². The molecule has 2 rings (SSSR count). The minimum atomic E-state index is -2.91. The van der Waals surface area contributed by atoms with Gasteiger partial charge in [-0.3, -0.25) is 4.79 Å². The number of rotatable bonds is 6. The Labute approximate surface area is 138 Å². The molecule has 2 heterocycles. The van der Waals surface area contributed by atoms with Crippen LogP contribution in [0.5, 0.6) is 0 Å². The third-order valence-corrected chi connectivity index (χ3v) is 6.27. The lowest BCUT2D eigenvalue weighted by Gasteiger charge is -2.25. The molecule has 23 heavy (non-hydrogen) atoms. The van der Waals surface area contributed by atoms with E-state index in [1.807, 2.05) is 31.9 Å². The van der Waals surface area contributed by atoms with E-state index in [1.54, 1.807) is 12.3 Å². The van der Waals surface area contributed by atoms with Gasteiger partial charge in [0.1, 0.15) is 5.82 Å². The fraction of sp³-hybridized carbons (Fsp3) is 0.625. The van der Waals surface area contributed by atoms with Gasteiger partial charge in [-0.15, -0.1) is 0 Å². The second kappa shape index (κ2) is 7.29. The average molecular weight is 339 g/mol. The zero-order valence-corrected chi connectivity index (χ0v) is 14.8. The van der Waals surface area contributed by atoms with Crippen LogP contribution in [-0.2, 0) is 14.6 Å². The van der Waals surface area contributed by atoms with Crippen molar-refractivity contribution >= 4 is 27.2 Å². The Balaban J connectivity index is 2.00. The molecule has 1 fully saturated rings. The molecule has 1 unspecified atom stereocenters. The van der Waals surface area contributed by atoms with Crippen LogP contribution in [0.3, 0.4) is 0 Å². The monoisotopic (exact) mass is 339 g/mol. The SMILES string of the molecule is CCC(CC)C(=O)Nc1ccc(N(C)C2CCS(=O)(=O)C2)cn1. The van der Waals surface area contributed by atoms with Gasteiger partial charge >= 0.3 is 0 Å². The Morgan fingerprint density at radius 2 is 2.09 bits per heavy atom. The lowest BCUT2D eigenvalue weighted by Crippen LogP contribution is -2.32. The molecule has 0 aliphatic carbocycles. The van der Waals surface area contributed by atoms with Crippen molar-refractivity contribution in [2.75, 3.05) is 28.8 Å². The molecule has 0 radical (unpaired) electrons. The summed E-state index contributed by atoms with van der Waals surface area (Å²) >= 11 is 0. The van der Waals surface area contributed by atoms with E-state index in [9.17, 15) is 13.2 Å². The van der Waals surface area contributed by atoms with E-state index < -0.39 is 9.84 Å². The van der Waals surface area contributed by atoms with Crippen molar-refractivity contribution in [3.05, 3.63) is 18.3 Å². The van der Waals surface area contributed by atoms with Crippen LogP contribution in [0.15, 0.2) is 18.3 Å². The normalized spacial score (nSPS) is 19.7. The highest BCUT2D eigenvalue weighted by molar-refractivity contribution is 7.91. The number of nitrogens with one attached hydrogen (secondary N) is 1. The van der Waals surface area contributed by atoms with Crippen LogP contribution >= 0.6 is 0 Å². The quantitative estimate of drug-likeness (QED) is 0.858. The number of carbonyl (C=O) groups excluding carboxylic acids is 1. The molecule has 1 aliphatic heterocycles. The minimum absolute atomic E-state index is 0.00263. The van der Waals surface area contributed by atoms with Crippen LogP contribution in [0.25, 0.3) is 0 Å². The molecule has 0 bridgehead atoms. The second-order valence-corrected chi connectivity index (χ2v) is 8.30. The van der Waals surface area contributed by atoms with E-state index in [-0.39, 0.29) is 29.4 Å². The molecule has 1 saturated heterocycles. The lowest BCUT2D eigenvalue weighted by atomic mass is 10.0. The van der Waals surface area contributed by atoms with E-state index >= 15 is 0 Å². The van der Waals surface area contributed by atoms with Gasteiger partial charge in [-0.1, -0.05) is 13.8 Å². The van der Waals surface area contributed by atoms with Gasteiger partial charge in [0.25, 0.3) is 0 Å². The van der Waals surface area contributed by atoms with Gasteiger partial charge in [-0.05, 0) is 31.4 Å². The van der Waals surface area contributed by atoms with Crippen molar-refractivity contribution in [2.45, 2.75) is 39.2 Å². The summed E-state index contributed by atoms with van der Waals surface area (Å²) < 4.78 is 23.2. The van der Waals surface area contributed by atoms with Crippen molar-refractivity contribution in [1.29, 1.82) is 0 Å². The van der Waals surface area contributed by atoms with Crippen molar-refractivity contribution < 1.29 is 13.2 Å². The Bertz CT molecular complexity index is 639. The topological polar surface area (TPSA) is 79.4 Å². The highest BCUT2D eigenvalue weighted by Gasteiger charge is 2.30. The predicted octanol–water partition coefficient (Wildman–Crippen LogP) is 2.08. The molecular weight excluding hydrogens is 314 g/mol. The van der Waals surface area contributed by atoms with Gasteiger partial charge in [-0.2, -0.15) is 0 Å². The molecule has 1 aliphatic rings. The number of amides is 1. The van der Waals surface area contributed by atoms with E-state index in [0.29, 0.717) is 12.2 Å². The number of sulfone groups is 1. The van der Waals surface area contributed by atoms with Gasteiger partial charge in [0, 0.05) is 19.0 Å². The first kappa shape index (κ1) is 17.7. The molecule has 0 saturated carbocycles. The molecule has 1 N–H and O–H groups in total. The van der Waals surface area contributed by atoms with E-state index in [0.717, 1.165) is 18.5 Å². The van der Waals surface area contributed by atoms with Gasteiger partial charge < -0.3 is 10.2 Å². The van der Waals surface area contributed by atoms with Gasteiger partial charge in [-0.25, -0.2) is 13.4 Å². The molecule has 6 nitrogen and oxygen atoms in total. The molecule has 1 aromatic heterocycles. The first-order valence-electron chi connectivity index (χ1n) is 8.06. The standard InChI is InChI=1S/C16H25N3O3S/c1-4-12(5-2)16(20)18-15-7-6-13(10-17-15)19(3)14-8-9-23(21,22)11-14/h6-7,10,12,14H,4-5,8-9,11H2,1-3H3,(H,17,18,20). The van der Waals surface area contributed by atoms with Crippen molar-refractivity contribution in [1.82, 2.24) is 4.98 Å². The first-order valence-corrected chi connectivity index (χ1v) is 9.88. The summed E-state index contributed by atoms with van der Waals surface area (Å²) in [4.78, 5) is 18.3. The predicted molar refractivity (Wildman–Crippen MR) is 92.4 cm³/mol. The summed E-state index contributed by atoms with van der Waals surface area (Å²) in [5.74, 6) is 0.960. The fourth-order valence-electron chi connectivity index (χ4n) is 2.85. The number of hydrogen-bond acceptors (Lipinski definition) is 5. The minimum Gasteiger partial charge on any atom is -0.369 e. The van der Waals surface area contributed by atoms with Crippen LogP contribution in [0.4, 0.5) is 11.5 Å². The summed E-state index contributed by atoms with van der Waals surface area (Å²) in [6, 6.07) is 3.61. The Morgan fingerprint density at radius 1 is 1.39 bits per heavy atom. The van der Waals surface area contributed by atoms with Gasteiger partial charge in [0.05, 0.1) is 23.4 Å². The number of hydrogen-bond donors (Lipinski definition) is 1. The van der Waals surface area contributed by atoms with Gasteiger partial charge in [0.15, 0.2) is 9.84 Å². The highest BCUT2D eigenvalue weighted by Crippen LogP contribution is 2.23. The largest absolute Gasteiger partial charge is 0.369 e. The summed E-state index contributed by atoms with van der Waals surface area (Å²) in [5.41, 5.74) is 0.854. The maximum atomic E-state index is 12.0.